The monoisotopic (exact) mass is 279 g/mol. The Morgan fingerprint density at radius 2 is 1.79 bits per heavy atom. The van der Waals surface area contributed by atoms with Gasteiger partial charge in [-0.25, -0.2) is 17.6 Å². The van der Waals surface area contributed by atoms with Crippen molar-refractivity contribution in [3.63, 3.8) is 0 Å². The molecule has 0 spiro atoms. The first-order valence-electron chi connectivity index (χ1n) is 4.88. The zero-order chi connectivity index (χ0) is 14.6. The van der Waals surface area contributed by atoms with Crippen LogP contribution in [-0.4, -0.2) is 21.9 Å². The van der Waals surface area contributed by atoms with E-state index in [1.54, 1.807) is 0 Å². The first kappa shape index (κ1) is 13.2. The van der Waals surface area contributed by atoms with Crippen molar-refractivity contribution < 1.29 is 32.4 Å². The minimum absolute atomic E-state index is 0.101. The number of nitro groups is 1. The molecule has 0 aliphatic heterocycles. The molecule has 19 heavy (non-hydrogen) atoms. The van der Waals surface area contributed by atoms with E-state index in [9.17, 15) is 32.5 Å². The lowest BCUT2D eigenvalue weighted by Crippen LogP contribution is -2.28. The Bertz CT molecular complexity index is 603. The lowest BCUT2D eigenvalue weighted by Gasteiger charge is -2.12. The summed E-state index contributed by atoms with van der Waals surface area (Å²) in [4.78, 5) is 20.4. The molecule has 1 aliphatic carbocycles. The minimum atomic E-state index is -3.74. The fourth-order valence-corrected chi connectivity index (χ4v) is 1.96. The lowest BCUT2D eigenvalue weighted by atomic mass is 9.93. The summed E-state index contributed by atoms with van der Waals surface area (Å²) in [5, 5.41) is 19.5. The second-order valence-corrected chi connectivity index (χ2v) is 4.13. The van der Waals surface area contributed by atoms with E-state index in [0.29, 0.717) is 0 Å². The molecule has 5 nitrogen and oxygen atoms in total. The van der Waals surface area contributed by atoms with E-state index < -0.39 is 51.5 Å². The summed E-state index contributed by atoms with van der Waals surface area (Å²) in [7, 11) is 0. The van der Waals surface area contributed by atoms with Gasteiger partial charge in [-0.1, -0.05) is 0 Å². The van der Waals surface area contributed by atoms with E-state index in [1.807, 2.05) is 0 Å². The molecule has 1 aromatic carbocycles. The van der Waals surface area contributed by atoms with Crippen LogP contribution in [0.1, 0.15) is 12.0 Å². The van der Waals surface area contributed by atoms with Crippen LogP contribution in [0.4, 0.5) is 23.2 Å². The SMILES string of the molecule is O=C(O)C1(c2cc(F)c(F)cc2[N+](=O)[O-])CC1(F)F. The van der Waals surface area contributed by atoms with Crippen LogP contribution in [0.25, 0.3) is 0 Å². The van der Waals surface area contributed by atoms with Crippen LogP contribution in [0.3, 0.4) is 0 Å². The Kier molecular flexibility index (Phi) is 2.55. The second kappa shape index (κ2) is 3.65. The molecular formula is C10H5F4NO4. The van der Waals surface area contributed by atoms with Gasteiger partial charge in [-0.15, -0.1) is 0 Å². The molecule has 0 heterocycles. The first-order chi connectivity index (χ1) is 8.63. The molecular weight excluding hydrogens is 274 g/mol. The number of halogens is 4. The van der Waals surface area contributed by atoms with Crippen molar-refractivity contribution in [2.45, 2.75) is 17.8 Å². The van der Waals surface area contributed by atoms with Gasteiger partial charge in [-0.05, 0) is 6.07 Å². The van der Waals surface area contributed by atoms with Crippen molar-refractivity contribution in [3.8, 4) is 0 Å². The Balaban J connectivity index is 2.72. The fraction of sp³-hybridized carbons (Fsp3) is 0.300. The standard InChI is InChI=1S/C10H5F4NO4/c11-5-1-4(7(15(18)19)2-6(5)12)9(8(16)17)3-10(9,13)14/h1-2H,3H2,(H,16,17). The number of aliphatic carboxylic acids is 1. The summed E-state index contributed by atoms with van der Waals surface area (Å²) in [6, 6.07) is 0.242. The highest BCUT2D eigenvalue weighted by Gasteiger charge is 2.79. The number of hydrogen-bond acceptors (Lipinski definition) is 3. The molecule has 1 fully saturated rings. The third kappa shape index (κ3) is 1.65. The van der Waals surface area contributed by atoms with Gasteiger partial charge in [0.15, 0.2) is 17.0 Å². The number of alkyl halides is 2. The first-order valence-corrected chi connectivity index (χ1v) is 4.88. The summed E-state index contributed by atoms with van der Waals surface area (Å²) in [5.74, 6) is -9.00. The van der Waals surface area contributed by atoms with Gasteiger partial charge in [-0.2, -0.15) is 0 Å². The minimum Gasteiger partial charge on any atom is -0.480 e. The summed E-state index contributed by atoms with van der Waals surface area (Å²) < 4.78 is 52.5. The highest BCUT2D eigenvalue weighted by Crippen LogP contribution is 2.63. The Hall–Kier alpha value is -2.19. The van der Waals surface area contributed by atoms with E-state index in [1.165, 1.54) is 0 Å². The lowest BCUT2D eigenvalue weighted by molar-refractivity contribution is -0.386. The molecule has 1 unspecified atom stereocenters. The quantitative estimate of drug-likeness (QED) is 0.522. The van der Waals surface area contributed by atoms with Crippen LogP contribution in [0, 0.1) is 21.7 Å². The van der Waals surface area contributed by atoms with E-state index in [0.717, 1.165) is 0 Å². The molecule has 0 radical (unpaired) electrons. The third-order valence-electron chi connectivity index (χ3n) is 3.05. The number of hydrogen-bond donors (Lipinski definition) is 1. The maximum Gasteiger partial charge on any atom is 0.320 e. The van der Waals surface area contributed by atoms with Crippen molar-refractivity contribution in [3.05, 3.63) is 39.4 Å². The Morgan fingerprint density at radius 3 is 2.16 bits per heavy atom. The normalized spacial score (nSPS) is 24.0. The van der Waals surface area contributed by atoms with Crippen molar-refractivity contribution in [2.24, 2.45) is 0 Å². The van der Waals surface area contributed by atoms with Crippen LogP contribution < -0.4 is 0 Å². The van der Waals surface area contributed by atoms with E-state index in [2.05, 4.69) is 0 Å². The highest BCUT2D eigenvalue weighted by molar-refractivity contribution is 5.89. The van der Waals surface area contributed by atoms with E-state index in [4.69, 9.17) is 5.11 Å². The van der Waals surface area contributed by atoms with Crippen molar-refractivity contribution in [2.75, 3.05) is 0 Å². The van der Waals surface area contributed by atoms with Crippen molar-refractivity contribution in [1.82, 2.24) is 0 Å². The van der Waals surface area contributed by atoms with Gasteiger partial charge in [0.05, 0.1) is 16.6 Å². The molecule has 1 aliphatic rings. The van der Waals surface area contributed by atoms with Crippen LogP contribution in [0.5, 0.6) is 0 Å². The van der Waals surface area contributed by atoms with Crippen LogP contribution in [-0.2, 0) is 10.2 Å². The number of rotatable bonds is 3. The molecule has 0 bridgehead atoms. The summed E-state index contributed by atoms with van der Waals surface area (Å²) in [6.45, 7) is 0. The van der Waals surface area contributed by atoms with Gasteiger partial charge < -0.3 is 5.11 Å². The highest BCUT2D eigenvalue weighted by atomic mass is 19.3. The predicted molar refractivity (Wildman–Crippen MR) is 51.9 cm³/mol. The van der Waals surface area contributed by atoms with Gasteiger partial charge in [0.25, 0.3) is 11.6 Å². The number of carboxylic acids is 1. The number of carboxylic acid groups (broad SMARTS) is 1. The van der Waals surface area contributed by atoms with Gasteiger partial charge >= 0.3 is 5.97 Å². The van der Waals surface area contributed by atoms with Gasteiger partial charge in [0, 0.05) is 6.42 Å². The number of nitrogens with zero attached hydrogens (tertiary/aromatic N) is 1. The smallest absolute Gasteiger partial charge is 0.320 e. The number of benzene rings is 1. The molecule has 1 atom stereocenters. The summed E-state index contributed by atoms with van der Waals surface area (Å²) in [5.41, 5.74) is -5.09. The summed E-state index contributed by atoms with van der Waals surface area (Å²) in [6.07, 6.45) is -1.19. The van der Waals surface area contributed by atoms with Gasteiger partial charge in [-0.3, -0.25) is 14.9 Å². The zero-order valence-electron chi connectivity index (χ0n) is 8.99. The summed E-state index contributed by atoms with van der Waals surface area (Å²) >= 11 is 0. The van der Waals surface area contributed by atoms with Crippen LogP contribution >= 0.6 is 0 Å². The van der Waals surface area contributed by atoms with Crippen molar-refractivity contribution in [1.29, 1.82) is 0 Å². The second-order valence-electron chi connectivity index (χ2n) is 4.13. The maximum atomic E-state index is 13.2. The molecule has 1 saturated carbocycles. The predicted octanol–water partition coefficient (Wildman–Crippen LogP) is 2.23. The largest absolute Gasteiger partial charge is 0.480 e. The molecule has 0 aromatic heterocycles. The molecule has 9 heteroatoms. The van der Waals surface area contributed by atoms with E-state index in [-0.39, 0.29) is 12.1 Å². The maximum absolute atomic E-state index is 13.2. The molecule has 1 aromatic rings. The number of nitro benzene ring substituents is 1. The average molecular weight is 279 g/mol. The van der Waals surface area contributed by atoms with Crippen LogP contribution in [0.15, 0.2) is 12.1 Å². The van der Waals surface area contributed by atoms with Gasteiger partial charge in [0.2, 0.25) is 0 Å². The zero-order valence-corrected chi connectivity index (χ0v) is 8.99. The van der Waals surface area contributed by atoms with E-state index >= 15 is 0 Å². The number of carbonyl (C=O) groups is 1. The van der Waals surface area contributed by atoms with Gasteiger partial charge in [0.1, 0.15) is 0 Å². The molecule has 1 N–H and O–H groups in total. The topological polar surface area (TPSA) is 80.4 Å². The Labute approximate surface area is 102 Å². The third-order valence-corrected chi connectivity index (χ3v) is 3.05. The Morgan fingerprint density at radius 1 is 1.32 bits per heavy atom. The molecule has 0 amide bonds. The molecule has 2 rings (SSSR count). The molecule has 102 valence electrons. The average Bonchev–Trinajstić information content (AvgIpc) is 2.86. The van der Waals surface area contributed by atoms with Crippen LogP contribution in [0.2, 0.25) is 0 Å². The van der Waals surface area contributed by atoms with Crippen molar-refractivity contribution >= 4 is 11.7 Å². The molecule has 0 saturated heterocycles. The fourth-order valence-electron chi connectivity index (χ4n) is 1.96.